The number of hydrogen-bond donors (Lipinski definition) is 0. The largest absolute Gasteiger partial charge is 0.490 e. The number of nitrogens with zero attached hydrogens (tertiary/aromatic N) is 1. The van der Waals surface area contributed by atoms with Crippen LogP contribution in [0.3, 0.4) is 0 Å². The lowest BCUT2D eigenvalue weighted by molar-refractivity contribution is 0.0682. The molecule has 180 valence electrons. The molecule has 0 N–H and O–H groups in total. The number of halogens is 2. The number of carbonyl (C=O) groups is 1. The van der Waals surface area contributed by atoms with Crippen LogP contribution >= 0.6 is 23.2 Å². The molecule has 0 radical (unpaired) electrons. The van der Waals surface area contributed by atoms with Crippen LogP contribution < -0.4 is 4.74 Å². The highest BCUT2D eigenvalue weighted by molar-refractivity contribution is 7.91. The van der Waals surface area contributed by atoms with E-state index in [-0.39, 0.29) is 34.0 Å². The summed E-state index contributed by atoms with van der Waals surface area (Å²) in [6, 6.07) is 16.6. The van der Waals surface area contributed by atoms with E-state index in [1.54, 1.807) is 17.0 Å². The monoisotopic (exact) mass is 519 g/mol. The van der Waals surface area contributed by atoms with Crippen molar-refractivity contribution in [2.75, 3.05) is 18.1 Å². The SMILES string of the molecule is CCCCOc1c(Cl)cc(C(=O)N(Cc2cccc3ccccc23)[C@H]2CCS(=O)(=O)C2)cc1Cl. The number of rotatable bonds is 8. The van der Waals surface area contributed by atoms with E-state index in [0.717, 1.165) is 29.2 Å². The molecule has 1 amide bonds. The number of amides is 1. The van der Waals surface area contributed by atoms with E-state index < -0.39 is 15.9 Å². The van der Waals surface area contributed by atoms with Crippen LogP contribution in [0.1, 0.15) is 42.1 Å². The zero-order valence-electron chi connectivity index (χ0n) is 19.0. The molecular formula is C26H27Cl2NO4S. The lowest BCUT2D eigenvalue weighted by Gasteiger charge is -2.29. The van der Waals surface area contributed by atoms with Crippen molar-refractivity contribution in [3.63, 3.8) is 0 Å². The van der Waals surface area contributed by atoms with Crippen molar-refractivity contribution in [1.29, 1.82) is 0 Å². The maximum Gasteiger partial charge on any atom is 0.254 e. The predicted octanol–water partition coefficient (Wildman–Crippen LogP) is 6.16. The van der Waals surface area contributed by atoms with Gasteiger partial charge in [0.15, 0.2) is 15.6 Å². The maximum atomic E-state index is 13.7. The van der Waals surface area contributed by atoms with Gasteiger partial charge in [0.05, 0.1) is 28.2 Å². The summed E-state index contributed by atoms with van der Waals surface area (Å²) in [5.74, 6) is 0.0719. The molecule has 0 aromatic heterocycles. The van der Waals surface area contributed by atoms with Crippen molar-refractivity contribution in [2.45, 2.75) is 38.8 Å². The summed E-state index contributed by atoms with van der Waals surface area (Å²) in [6.45, 7) is 2.82. The third-order valence-electron chi connectivity index (χ3n) is 6.12. The first-order chi connectivity index (χ1) is 16.3. The lowest BCUT2D eigenvalue weighted by Crippen LogP contribution is -2.40. The molecule has 0 aliphatic carbocycles. The van der Waals surface area contributed by atoms with Gasteiger partial charge in [-0.05, 0) is 41.3 Å². The number of sulfone groups is 1. The number of benzene rings is 3. The zero-order valence-corrected chi connectivity index (χ0v) is 21.3. The molecule has 1 aliphatic heterocycles. The average molecular weight is 520 g/mol. The molecule has 1 heterocycles. The van der Waals surface area contributed by atoms with E-state index in [2.05, 4.69) is 6.92 Å². The Bertz CT molecular complexity index is 1280. The summed E-state index contributed by atoms with van der Waals surface area (Å²) >= 11 is 12.9. The van der Waals surface area contributed by atoms with Gasteiger partial charge in [-0.1, -0.05) is 79.0 Å². The number of carbonyl (C=O) groups excluding carboxylic acids is 1. The number of hydrogen-bond acceptors (Lipinski definition) is 4. The third-order valence-corrected chi connectivity index (χ3v) is 8.43. The molecule has 34 heavy (non-hydrogen) atoms. The van der Waals surface area contributed by atoms with Crippen LogP contribution in [0, 0.1) is 0 Å². The standard InChI is InChI=1S/C26H27Cl2NO4S/c1-2-3-12-33-25-23(27)14-20(15-24(25)28)26(30)29(21-11-13-34(31,32)17-21)16-19-9-6-8-18-7-4-5-10-22(18)19/h4-10,14-15,21H,2-3,11-13,16-17H2,1H3/t21-/m0/s1. The molecule has 1 atom stereocenters. The van der Waals surface area contributed by atoms with Crippen molar-refractivity contribution in [1.82, 2.24) is 4.90 Å². The Morgan fingerprint density at radius 3 is 2.47 bits per heavy atom. The van der Waals surface area contributed by atoms with Crippen LogP contribution in [0.5, 0.6) is 5.75 Å². The van der Waals surface area contributed by atoms with Crippen molar-refractivity contribution in [2.24, 2.45) is 0 Å². The fraction of sp³-hybridized carbons (Fsp3) is 0.346. The van der Waals surface area contributed by atoms with Gasteiger partial charge in [-0.3, -0.25) is 4.79 Å². The second-order valence-corrected chi connectivity index (χ2v) is 11.6. The first-order valence-electron chi connectivity index (χ1n) is 11.4. The Morgan fingerprint density at radius 1 is 1.09 bits per heavy atom. The summed E-state index contributed by atoms with van der Waals surface area (Å²) in [5, 5.41) is 2.61. The molecule has 3 aromatic rings. The topological polar surface area (TPSA) is 63.7 Å². The Morgan fingerprint density at radius 2 is 1.79 bits per heavy atom. The quantitative estimate of drug-likeness (QED) is 0.334. The van der Waals surface area contributed by atoms with E-state index in [9.17, 15) is 13.2 Å². The summed E-state index contributed by atoms with van der Waals surface area (Å²) in [7, 11) is -3.19. The molecule has 1 fully saturated rings. The fourth-order valence-corrected chi connectivity index (χ4v) is 6.63. The van der Waals surface area contributed by atoms with E-state index >= 15 is 0 Å². The Hall–Kier alpha value is -2.28. The summed E-state index contributed by atoms with van der Waals surface area (Å²) in [4.78, 5) is 15.4. The van der Waals surface area contributed by atoms with Gasteiger partial charge in [-0.15, -0.1) is 0 Å². The van der Waals surface area contributed by atoms with Crippen LogP contribution in [0.4, 0.5) is 0 Å². The van der Waals surface area contributed by atoms with E-state index in [1.807, 2.05) is 42.5 Å². The number of ether oxygens (including phenoxy) is 1. The van der Waals surface area contributed by atoms with Crippen LogP contribution in [-0.2, 0) is 16.4 Å². The van der Waals surface area contributed by atoms with Crippen LogP contribution in [0.25, 0.3) is 10.8 Å². The molecule has 3 aromatic carbocycles. The van der Waals surface area contributed by atoms with Gasteiger partial charge >= 0.3 is 0 Å². The van der Waals surface area contributed by atoms with E-state index in [4.69, 9.17) is 27.9 Å². The van der Waals surface area contributed by atoms with Gasteiger partial charge < -0.3 is 9.64 Å². The highest BCUT2D eigenvalue weighted by atomic mass is 35.5. The van der Waals surface area contributed by atoms with Crippen molar-refractivity contribution in [3.05, 3.63) is 75.8 Å². The molecule has 8 heteroatoms. The van der Waals surface area contributed by atoms with Crippen molar-refractivity contribution < 1.29 is 17.9 Å². The Kier molecular flexibility index (Phi) is 7.70. The minimum atomic E-state index is -3.19. The molecule has 4 rings (SSSR count). The van der Waals surface area contributed by atoms with Gasteiger partial charge in [0.1, 0.15) is 0 Å². The maximum absolute atomic E-state index is 13.7. The predicted molar refractivity (Wildman–Crippen MR) is 138 cm³/mol. The highest BCUT2D eigenvalue weighted by Gasteiger charge is 2.35. The van der Waals surface area contributed by atoms with E-state index in [0.29, 0.717) is 24.3 Å². The molecular weight excluding hydrogens is 493 g/mol. The van der Waals surface area contributed by atoms with Crippen LogP contribution in [0.15, 0.2) is 54.6 Å². The van der Waals surface area contributed by atoms with Gasteiger partial charge in [0, 0.05) is 18.2 Å². The number of unbranched alkanes of at least 4 members (excludes halogenated alkanes) is 1. The van der Waals surface area contributed by atoms with Gasteiger partial charge in [0.2, 0.25) is 0 Å². The van der Waals surface area contributed by atoms with Crippen LogP contribution in [-0.4, -0.2) is 43.4 Å². The molecule has 0 saturated carbocycles. The average Bonchev–Trinajstić information content (AvgIpc) is 3.18. The third kappa shape index (κ3) is 5.51. The molecule has 1 saturated heterocycles. The van der Waals surface area contributed by atoms with Crippen molar-refractivity contribution in [3.8, 4) is 5.75 Å². The Labute approximate surface area is 210 Å². The smallest absolute Gasteiger partial charge is 0.254 e. The molecule has 1 aliphatic rings. The lowest BCUT2D eigenvalue weighted by atomic mass is 10.0. The highest BCUT2D eigenvalue weighted by Crippen LogP contribution is 2.35. The molecule has 0 bridgehead atoms. The zero-order chi connectivity index (χ0) is 24.3. The first kappa shape index (κ1) is 24.8. The minimum absolute atomic E-state index is 0.0524. The molecule has 0 spiro atoms. The number of fused-ring (bicyclic) bond motifs is 1. The fourth-order valence-electron chi connectivity index (χ4n) is 4.31. The summed E-state index contributed by atoms with van der Waals surface area (Å²) < 4.78 is 30.2. The normalized spacial score (nSPS) is 17.1. The molecule has 0 unspecified atom stereocenters. The van der Waals surface area contributed by atoms with E-state index in [1.165, 1.54) is 0 Å². The van der Waals surface area contributed by atoms with Gasteiger partial charge in [0.25, 0.3) is 5.91 Å². The van der Waals surface area contributed by atoms with Gasteiger partial charge in [-0.2, -0.15) is 0 Å². The first-order valence-corrected chi connectivity index (χ1v) is 14.0. The summed E-state index contributed by atoms with van der Waals surface area (Å²) in [6.07, 6.45) is 2.24. The second kappa shape index (κ2) is 10.5. The minimum Gasteiger partial charge on any atom is -0.490 e. The van der Waals surface area contributed by atoms with Gasteiger partial charge in [-0.25, -0.2) is 8.42 Å². The summed E-state index contributed by atoms with van der Waals surface area (Å²) in [5.41, 5.74) is 1.26. The van der Waals surface area contributed by atoms with Crippen LogP contribution in [0.2, 0.25) is 10.0 Å². The van der Waals surface area contributed by atoms with Crippen molar-refractivity contribution >= 4 is 49.7 Å². The molecule has 5 nitrogen and oxygen atoms in total. The Balaban J connectivity index is 1.68. The second-order valence-electron chi connectivity index (χ2n) is 8.60.